The molecule has 0 saturated carbocycles. The minimum absolute atomic E-state index is 0.0100. The summed E-state index contributed by atoms with van der Waals surface area (Å²) < 4.78 is 12.5. The number of benzene rings is 2. The molecule has 0 heterocycles. The second kappa shape index (κ2) is 9.59. The minimum atomic E-state index is -0.483. The Bertz CT molecular complexity index is 891. The third kappa shape index (κ3) is 4.99. The molecule has 0 spiro atoms. The molecular weight excluding hydrogens is 511 g/mol. The highest BCUT2D eigenvalue weighted by molar-refractivity contribution is 14.1. The summed E-state index contributed by atoms with van der Waals surface area (Å²) in [7, 11) is 1.57. The molecule has 7 heteroatoms. The zero-order valence-electron chi connectivity index (χ0n) is 14.2. The highest BCUT2D eigenvalue weighted by Crippen LogP contribution is 2.34. The van der Waals surface area contributed by atoms with E-state index in [1.165, 1.54) is 6.08 Å². The Morgan fingerprint density at radius 2 is 2.12 bits per heavy atom. The average molecular weight is 527 g/mol. The summed E-state index contributed by atoms with van der Waals surface area (Å²) in [6.07, 6.45) is 1.52. The van der Waals surface area contributed by atoms with Gasteiger partial charge in [-0.1, -0.05) is 12.1 Å². The third-order valence-corrected chi connectivity index (χ3v) is 4.83. The zero-order chi connectivity index (χ0) is 19.1. The Morgan fingerprint density at radius 3 is 2.73 bits per heavy atom. The predicted molar refractivity (Wildman–Crippen MR) is 113 cm³/mol. The summed E-state index contributed by atoms with van der Waals surface area (Å²) >= 11 is 5.49. The van der Waals surface area contributed by atoms with Crippen LogP contribution in [0.4, 0.5) is 5.69 Å². The lowest BCUT2D eigenvalue weighted by Crippen LogP contribution is -2.13. The van der Waals surface area contributed by atoms with E-state index in [1.54, 1.807) is 25.3 Å². The largest absolute Gasteiger partial charge is 0.492 e. The van der Waals surface area contributed by atoms with Crippen LogP contribution in [-0.4, -0.2) is 19.6 Å². The van der Waals surface area contributed by atoms with Gasteiger partial charge in [0.1, 0.15) is 11.6 Å². The summed E-state index contributed by atoms with van der Waals surface area (Å²) in [5, 5.41) is 12.1. The molecule has 0 bridgehead atoms. The Kier molecular flexibility index (Phi) is 7.48. The topological polar surface area (TPSA) is 71.3 Å². The van der Waals surface area contributed by atoms with Crippen LogP contribution in [0.2, 0.25) is 0 Å². The highest BCUT2D eigenvalue weighted by Gasteiger charge is 2.14. The van der Waals surface area contributed by atoms with E-state index in [0.29, 0.717) is 29.4 Å². The number of hydrogen-bond donors (Lipinski definition) is 1. The van der Waals surface area contributed by atoms with Gasteiger partial charge in [0.25, 0.3) is 5.91 Å². The third-order valence-electron chi connectivity index (χ3n) is 3.33. The molecule has 0 atom stereocenters. The van der Waals surface area contributed by atoms with E-state index in [0.717, 1.165) is 8.04 Å². The summed E-state index contributed by atoms with van der Waals surface area (Å²) in [5.41, 5.74) is 1.26. The fourth-order valence-electron chi connectivity index (χ4n) is 2.20. The number of amides is 1. The molecule has 0 saturated heterocycles. The number of nitrogens with one attached hydrogen (secondary N) is 1. The number of carbonyl (C=O) groups excluding carboxylic acids is 1. The van der Waals surface area contributed by atoms with E-state index in [1.807, 2.05) is 31.2 Å². The van der Waals surface area contributed by atoms with Crippen molar-refractivity contribution in [2.45, 2.75) is 6.92 Å². The molecule has 1 amide bonds. The predicted octanol–water partition coefficient (Wildman–Crippen LogP) is 5.01. The Morgan fingerprint density at radius 1 is 1.38 bits per heavy atom. The first-order chi connectivity index (χ1) is 12.5. The van der Waals surface area contributed by atoms with E-state index in [2.05, 4.69) is 43.8 Å². The summed E-state index contributed by atoms with van der Waals surface area (Å²) in [6.45, 7) is 2.36. The van der Waals surface area contributed by atoms with Crippen LogP contribution in [0, 0.1) is 14.9 Å². The van der Waals surface area contributed by atoms with Crippen molar-refractivity contribution >= 4 is 56.2 Å². The number of rotatable bonds is 6. The summed E-state index contributed by atoms with van der Waals surface area (Å²) in [5.74, 6) is 0.709. The van der Waals surface area contributed by atoms with Gasteiger partial charge in [0.05, 0.1) is 23.0 Å². The van der Waals surface area contributed by atoms with Crippen molar-refractivity contribution in [1.29, 1.82) is 5.26 Å². The number of nitrogens with zero attached hydrogens (tertiary/aromatic N) is 1. The van der Waals surface area contributed by atoms with Crippen molar-refractivity contribution in [3.8, 4) is 17.6 Å². The maximum Gasteiger partial charge on any atom is 0.266 e. The Hall–Kier alpha value is -2.05. The molecule has 0 radical (unpaired) electrons. The number of halogens is 2. The number of anilines is 1. The van der Waals surface area contributed by atoms with Crippen LogP contribution in [0.25, 0.3) is 6.08 Å². The van der Waals surface area contributed by atoms with Crippen molar-refractivity contribution in [1.82, 2.24) is 0 Å². The van der Waals surface area contributed by atoms with Gasteiger partial charge in [-0.3, -0.25) is 4.79 Å². The zero-order valence-corrected chi connectivity index (χ0v) is 17.9. The summed E-state index contributed by atoms with van der Waals surface area (Å²) in [4.78, 5) is 12.4. The maximum atomic E-state index is 12.4. The standard InChI is InChI=1S/C19H16BrIN2O3/c1-3-26-17-10-12(9-15(21)18(17)25-2)8-13(11-22)19(24)23-16-7-5-4-6-14(16)20/h4-10H,3H2,1-2H3,(H,23,24)/b13-8+. The molecule has 0 aliphatic heterocycles. The molecule has 2 aromatic carbocycles. The Balaban J connectivity index is 2.35. The van der Waals surface area contributed by atoms with Crippen LogP contribution in [-0.2, 0) is 4.79 Å². The first kappa shape index (κ1) is 20.3. The lowest BCUT2D eigenvalue weighted by atomic mass is 10.1. The molecule has 0 fully saturated rings. The number of carbonyl (C=O) groups is 1. The van der Waals surface area contributed by atoms with Gasteiger partial charge in [0, 0.05) is 4.47 Å². The van der Waals surface area contributed by atoms with E-state index >= 15 is 0 Å². The average Bonchev–Trinajstić information content (AvgIpc) is 2.61. The van der Waals surface area contributed by atoms with Gasteiger partial charge >= 0.3 is 0 Å². The van der Waals surface area contributed by atoms with Crippen molar-refractivity contribution in [2.75, 3.05) is 19.0 Å². The number of nitriles is 1. The fraction of sp³-hybridized carbons (Fsp3) is 0.158. The Labute approximate surface area is 174 Å². The smallest absolute Gasteiger partial charge is 0.266 e. The number of hydrogen-bond acceptors (Lipinski definition) is 4. The molecule has 0 aliphatic rings. The first-order valence-electron chi connectivity index (χ1n) is 7.68. The quantitative estimate of drug-likeness (QED) is 0.326. The van der Waals surface area contributed by atoms with E-state index in [9.17, 15) is 10.1 Å². The minimum Gasteiger partial charge on any atom is -0.492 e. The molecule has 1 N–H and O–H groups in total. The molecular formula is C19H16BrIN2O3. The first-order valence-corrected chi connectivity index (χ1v) is 9.55. The highest BCUT2D eigenvalue weighted by atomic mass is 127. The van der Waals surface area contributed by atoms with Crippen LogP contribution in [0.5, 0.6) is 11.5 Å². The fourth-order valence-corrected chi connectivity index (χ4v) is 3.43. The SMILES string of the molecule is CCOc1cc(/C=C(\C#N)C(=O)Nc2ccccc2Br)cc(I)c1OC. The van der Waals surface area contributed by atoms with Gasteiger partial charge in [-0.25, -0.2) is 0 Å². The molecule has 0 aromatic heterocycles. The van der Waals surface area contributed by atoms with Crippen molar-refractivity contribution in [3.05, 3.63) is 55.6 Å². The van der Waals surface area contributed by atoms with E-state index in [-0.39, 0.29) is 5.57 Å². The molecule has 26 heavy (non-hydrogen) atoms. The van der Waals surface area contributed by atoms with Crippen LogP contribution < -0.4 is 14.8 Å². The van der Waals surface area contributed by atoms with Crippen molar-refractivity contribution < 1.29 is 14.3 Å². The van der Waals surface area contributed by atoms with Crippen LogP contribution >= 0.6 is 38.5 Å². The molecule has 5 nitrogen and oxygen atoms in total. The van der Waals surface area contributed by atoms with Gasteiger partial charge in [0.2, 0.25) is 0 Å². The lowest BCUT2D eigenvalue weighted by Gasteiger charge is -2.12. The monoisotopic (exact) mass is 526 g/mol. The molecule has 134 valence electrons. The van der Waals surface area contributed by atoms with Crippen molar-refractivity contribution in [3.63, 3.8) is 0 Å². The van der Waals surface area contributed by atoms with E-state index in [4.69, 9.17) is 9.47 Å². The summed E-state index contributed by atoms with van der Waals surface area (Å²) in [6, 6.07) is 12.7. The second-order valence-electron chi connectivity index (χ2n) is 5.07. The van der Waals surface area contributed by atoms with Gasteiger partial charge in [-0.15, -0.1) is 0 Å². The number of para-hydroxylation sites is 1. The van der Waals surface area contributed by atoms with Crippen LogP contribution in [0.1, 0.15) is 12.5 Å². The number of ether oxygens (including phenoxy) is 2. The second-order valence-corrected chi connectivity index (χ2v) is 7.09. The van der Waals surface area contributed by atoms with Crippen molar-refractivity contribution in [2.24, 2.45) is 0 Å². The van der Waals surface area contributed by atoms with Gasteiger partial charge in [-0.05, 0) is 81.3 Å². The maximum absolute atomic E-state index is 12.4. The van der Waals surface area contributed by atoms with Gasteiger partial charge in [-0.2, -0.15) is 5.26 Å². The molecule has 0 aliphatic carbocycles. The number of methoxy groups -OCH3 is 1. The normalized spacial score (nSPS) is 10.8. The molecule has 0 unspecified atom stereocenters. The van der Waals surface area contributed by atoms with Gasteiger partial charge in [0.15, 0.2) is 11.5 Å². The van der Waals surface area contributed by atoms with E-state index < -0.39 is 5.91 Å². The molecule has 2 aromatic rings. The van der Waals surface area contributed by atoms with Gasteiger partial charge < -0.3 is 14.8 Å². The molecule has 2 rings (SSSR count). The van der Waals surface area contributed by atoms with Crippen LogP contribution in [0.15, 0.2) is 46.4 Å². The van der Waals surface area contributed by atoms with Crippen LogP contribution in [0.3, 0.4) is 0 Å². The lowest BCUT2D eigenvalue weighted by molar-refractivity contribution is -0.112.